The fourth-order valence-electron chi connectivity index (χ4n) is 1.84. The zero-order valence-corrected chi connectivity index (χ0v) is 11.8. The first-order valence-corrected chi connectivity index (χ1v) is 6.65. The topological polar surface area (TPSA) is 72.7 Å². The first kappa shape index (κ1) is 15.1. The first-order valence-electron chi connectivity index (χ1n) is 6.65. The normalized spacial score (nSPS) is 12.4. The molecule has 1 atom stereocenters. The van der Waals surface area contributed by atoms with Gasteiger partial charge in [-0.3, -0.25) is 0 Å². The lowest BCUT2D eigenvalue weighted by Gasteiger charge is -2.19. The highest BCUT2D eigenvalue weighted by Crippen LogP contribution is 2.32. The highest BCUT2D eigenvalue weighted by molar-refractivity contribution is 5.72. The van der Waals surface area contributed by atoms with E-state index < -0.39 is 17.8 Å². The fourth-order valence-corrected chi connectivity index (χ4v) is 1.84. The van der Waals surface area contributed by atoms with Crippen molar-refractivity contribution in [3.63, 3.8) is 0 Å². The molecule has 0 saturated heterocycles. The van der Waals surface area contributed by atoms with Crippen LogP contribution < -0.4 is 5.32 Å². The predicted octanol–water partition coefficient (Wildman–Crippen LogP) is 3.29. The van der Waals surface area contributed by atoms with Crippen molar-refractivity contribution in [1.82, 2.24) is 0 Å². The van der Waals surface area contributed by atoms with Gasteiger partial charge in [0, 0.05) is 0 Å². The van der Waals surface area contributed by atoms with Crippen molar-refractivity contribution in [3.8, 4) is 22.6 Å². The largest absolute Gasteiger partial charge is 0.506 e. The number of aliphatic hydroxyl groups excluding tert-OH is 1. The summed E-state index contributed by atoms with van der Waals surface area (Å²) in [7, 11) is 0. The van der Waals surface area contributed by atoms with E-state index in [2.05, 4.69) is 5.32 Å². The number of hydrogen-bond donors (Lipinski definition) is 4. The van der Waals surface area contributed by atoms with E-state index in [0.29, 0.717) is 16.8 Å². The standard InChI is InChI=1S/C16H18FNO3/c1-9(2)16(21)18-13-8-11(4-6-15(13)20)10-3-5-14(19)12(17)7-10/h3-9,16,18-21H,1-2H3. The van der Waals surface area contributed by atoms with Gasteiger partial charge in [0.25, 0.3) is 0 Å². The number of rotatable bonds is 4. The summed E-state index contributed by atoms with van der Waals surface area (Å²) in [6, 6.07) is 8.78. The molecule has 5 heteroatoms. The molecule has 0 fully saturated rings. The second-order valence-corrected chi connectivity index (χ2v) is 5.23. The van der Waals surface area contributed by atoms with Gasteiger partial charge in [0.05, 0.1) is 5.69 Å². The van der Waals surface area contributed by atoms with Crippen molar-refractivity contribution in [2.45, 2.75) is 20.1 Å². The minimum atomic E-state index is -0.803. The molecule has 4 N–H and O–H groups in total. The first-order chi connectivity index (χ1) is 9.88. The number of aromatic hydroxyl groups is 2. The summed E-state index contributed by atoms with van der Waals surface area (Å²) in [5, 5.41) is 31.7. The minimum Gasteiger partial charge on any atom is -0.506 e. The third-order valence-electron chi connectivity index (χ3n) is 3.21. The molecule has 0 amide bonds. The summed E-state index contributed by atoms with van der Waals surface area (Å²) in [6.07, 6.45) is -0.803. The van der Waals surface area contributed by atoms with Crippen LogP contribution in [0, 0.1) is 11.7 Å². The number of anilines is 1. The van der Waals surface area contributed by atoms with Crippen LogP contribution in [0.1, 0.15) is 13.8 Å². The van der Waals surface area contributed by atoms with Gasteiger partial charge < -0.3 is 20.6 Å². The maximum absolute atomic E-state index is 13.4. The Morgan fingerprint density at radius 2 is 1.52 bits per heavy atom. The lowest BCUT2D eigenvalue weighted by molar-refractivity contribution is 0.152. The van der Waals surface area contributed by atoms with Crippen LogP contribution in [0.2, 0.25) is 0 Å². The molecule has 0 aliphatic heterocycles. The maximum Gasteiger partial charge on any atom is 0.165 e. The van der Waals surface area contributed by atoms with Gasteiger partial charge in [0.15, 0.2) is 11.6 Å². The molecule has 0 spiro atoms. The molecule has 0 aliphatic carbocycles. The smallest absolute Gasteiger partial charge is 0.165 e. The molecule has 0 bridgehead atoms. The Morgan fingerprint density at radius 1 is 0.952 bits per heavy atom. The number of hydrogen-bond acceptors (Lipinski definition) is 4. The number of benzene rings is 2. The molecule has 2 aromatic rings. The molecule has 2 rings (SSSR count). The van der Waals surface area contributed by atoms with Crippen LogP contribution in [0.5, 0.6) is 11.5 Å². The molecular formula is C16H18FNO3. The number of halogens is 1. The molecule has 21 heavy (non-hydrogen) atoms. The Morgan fingerprint density at radius 3 is 2.10 bits per heavy atom. The van der Waals surface area contributed by atoms with Crippen LogP contribution >= 0.6 is 0 Å². The quantitative estimate of drug-likeness (QED) is 0.515. The number of phenols is 2. The molecule has 0 heterocycles. The summed E-state index contributed by atoms with van der Waals surface area (Å²) in [5.41, 5.74) is 1.58. The minimum absolute atomic E-state index is 0.00213. The van der Waals surface area contributed by atoms with Crippen LogP contribution in [-0.2, 0) is 0 Å². The predicted molar refractivity (Wildman–Crippen MR) is 79.6 cm³/mol. The Hall–Kier alpha value is -2.27. The van der Waals surface area contributed by atoms with Crippen molar-refractivity contribution in [2.24, 2.45) is 5.92 Å². The van der Waals surface area contributed by atoms with E-state index in [1.165, 1.54) is 18.2 Å². The van der Waals surface area contributed by atoms with Gasteiger partial charge >= 0.3 is 0 Å². The second-order valence-electron chi connectivity index (χ2n) is 5.23. The highest BCUT2D eigenvalue weighted by Gasteiger charge is 2.12. The molecule has 1 unspecified atom stereocenters. The van der Waals surface area contributed by atoms with Gasteiger partial charge in [-0.1, -0.05) is 26.0 Å². The van der Waals surface area contributed by atoms with Gasteiger partial charge in [-0.25, -0.2) is 4.39 Å². The van der Waals surface area contributed by atoms with Crippen LogP contribution in [-0.4, -0.2) is 21.5 Å². The van der Waals surface area contributed by atoms with Crippen LogP contribution in [0.4, 0.5) is 10.1 Å². The molecule has 2 aromatic carbocycles. The lowest BCUT2D eigenvalue weighted by Crippen LogP contribution is -2.24. The zero-order chi connectivity index (χ0) is 15.6. The number of nitrogens with one attached hydrogen (secondary N) is 1. The van der Waals surface area contributed by atoms with E-state index in [4.69, 9.17) is 0 Å². The van der Waals surface area contributed by atoms with Gasteiger partial charge in [0.1, 0.15) is 12.0 Å². The molecular weight excluding hydrogens is 273 g/mol. The van der Waals surface area contributed by atoms with Crippen LogP contribution in [0.25, 0.3) is 11.1 Å². The van der Waals surface area contributed by atoms with E-state index in [-0.39, 0.29) is 11.7 Å². The molecule has 0 aromatic heterocycles. The molecule has 112 valence electrons. The molecule has 0 radical (unpaired) electrons. The third-order valence-corrected chi connectivity index (χ3v) is 3.21. The summed E-state index contributed by atoms with van der Waals surface area (Å²) in [6.45, 7) is 3.68. The van der Waals surface area contributed by atoms with E-state index in [1.54, 1.807) is 18.2 Å². The molecule has 0 aliphatic rings. The van der Waals surface area contributed by atoms with Gasteiger partial charge in [-0.05, 0) is 41.3 Å². The van der Waals surface area contributed by atoms with Crippen molar-refractivity contribution < 1.29 is 19.7 Å². The second kappa shape index (κ2) is 6.01. The van der Waals surface area contributed by atoms with E-state index in [0.717, 1.165) is 0 Å². The number of aliphatic hydroxyl groups is 1. The Bertz CT molecular complexity index is 643. The van der Waals surface area contributed by atoms with Crippen molar-refractivity contribution in [2.75, 3.05) is 5.32 Å². The lowest BCUT2D eigenvalue weighted by atomic mass is 10.0. The summed E-state index contributed by atoms with van der Waals surface area (Å²) < 4.78 is 13.4. The van der Waals surface area contributed by atoms with Gasteiger partial charge in [-0.15, -0.1) is 0 Å². The fraction of sp³-hybridized carbons (Fsp3) is 0.250. The molecule has 4 nitrogen and oxygen atoms in total. The maximum atomic E-state index is 13.4. The average molecular weight is 291 g/mol. The average Bonchev–Trinajstić information content (AvgIpc) is 2.44. The summed E-state index contributed by atoms with van der Waals surface area (Å²) in [5.74, 6) is -1.15. The summed E-state index contributed by atoms with van der Waals surface area (Å²) in [4.78, 5) is 0. The van der Waals surface area contributed by atoms with Gasteiger partial charge in [0.2, 0.25) is 0 Å². The van der Waals surface area contributed by atoms with Crippen molar-refractivity contribution >= 4 is 5.69 Å². The van der Waals surface area contributed by atoms with E-state index >= 15 is 0 Å². The zero-order valence-electron chi connectivity index (χ0n) is 11.8. The Kier molecular flexibility index (Phi) is 4.33. The Balaban J connectivity index is 2.35. The van der Waals surface area contributed by atoms with E-state index in [9.17, 15) is 19.7 Å². The van der Waals surface area contributed by atoms with Gasteiger partial charge in [-0.2, -0.15) is 0 Å². The SMILES string of the molecule is CC(C)C(O)Nc1cc(-c2ccc(O)c(F)c2)ccc1O. The van der Waals surface area contributed by atoms with Crippen LogP contribution in [0.15, 0.2) is 36.4 Å². The van der Waals surface area contributed by atoms with Crippen LogP contribution in [0.3, 0.4) is 0 Å². The summed E-state index contributed by atoms with van der Waals surface area (Å²) >= 11 is 0. The molecule has 0 saturated carbocycles. The highest BCUT2D eigenvalue weighted by atomic mass is 19.1. The van der Waals surface area contributed by atoms with E-state index in [1.807, 2.05) is 13.8 Å². The van der Waals surface area contributed by atoms with Crippen molar-refractivity contribution in [1.29, 1.82) is 0 Å². The number of phenolic OH excluding ortho intramolecular Hbond substituents is 2. The monoisotopic (exact) mass is 291 g/mol. The third kappa shape index (κ3) is 3.44. The van der Waals surface area contributed by atoms with Crippen molar-refractivity contribution in [3.05, 3.63) is 42.2 Å². The Labute approximate surface area is 122 Å².